The number of alkyl halides is 4. The molecule has 8 nitrogen and oxygen atoms in total. The lowest BCUT2D eigenvalue weighted by atomic mass is 10.2. The van der Waals surface area contributed by atoms with Crippen LogP contribution in [0.15, 0.2) is 23.2 Å². The Kier molecular flexibility index (Phi) is 5.55. The topological polar surface area (TPSA) is 114 Å². The largest absolute Gasteiger partial charge is 0.417 e. The van der Waals surface area contributed by atoms with Gasteiger partial charge in [0.2, 0.25) is 0 Å². The molecule has 4 rings (SSSR count). The number of thiazole rings is 1. The first-order chi connectivity index (χ1) is 15.4. The van der Waals surface area contributed by atoms with E-state index in [2.05, 4.69) is 25.6 Å². The molecule has 0 aliphatic heterocycles. The zero-order valence-corrected chi connectivity index (χ0v) is 18.9. The van der Waals surface area contributed by atoms with E-state index in [1.807, 2.05) is 0 Å². The van der Waals surface area contributed by atoms with Gasteiger partial charge in [-0.25, -0.2) is 27.8 Å². The second-order valence-electron chi connectivity index (χ2n) is 7.37. The number of fused-ring (bicyclic) bond motifs is 1. The van der Waals surface area contributed by atoms with Gasteiger partial charge in [0.05, 0.1) is 17.0 Å². The molecular formula is C19H17F4N5O3S2. The van der Waals surface area contributed by atoms with Gasteiger partial charge in [-0.2, -0.15) is 13.2 Å². The molecule has 1 aliphatic carbocycles. The van der Waals surface area contributed by atoms with E-state index in [0.29, 0.717) is 12.3 Å². The number of rotatable bonds is 6. The number of nitrogens with zero attached hydrogens (tertiary/aromatic N) is 3. The number of hydrogen-bond donors (Lipinski definition) is 2. The SMILES string of the molecule is CCS(=O)(=O)c1cc2nc(C3(F)CC3)sc2nc1C(=O)Nc1cc(C(F)(F)F)cnc1NC. The Morgan fingerprint density at radius 1 is 1.24 bits per heavy atom. The van der Waals surface area contributed by atoms with Crippen molar-refractivity contribution >= 4 is 48.9 Å². The van der Waals surface area contributed by atoms with E-state index in [0.717, 1.165) is 17.4 Å². The maximum absolute atomic E-state index is 14.5. The van der Waals surface area contributed by atoms with E-state index in [1.54, 1.807) is 0 Å². The summed E-state index contributed by atoms with van der Waals surface area (Å²) >= 11 is 0.899. The molecule has 0 unspecified atom stereocenters. The van der Waals surface area contributed by atoms with E-state index >= 15 is 0 Å². The van der Waals surface area contributed by atoms with E-state index in [1.165, 1.54) is 14.0 Å². The maximum Gasteiger partial charge on any atom is 0.417 e. The minimum atomic E-state index is -4.71. The molecule has 14 heteroatoms. The van der Waals surface area contributed by atoms with Crippen LogP contribution in [0.3, 0.4) is 0 Å². The Hall–Kier alpha value is -2.87. The number of anilines is 2. The quantitative estimate of drug-likeness (QED) is 0.486. The average molecular weight is 504 g/mol. The van der Waals surface area contributed by atoms with E-state index in [4.69, 9.17) is 0 Å². The number of carbonyl (C=O) groups is 1. The van der Waals surface area contributed by atoms with Crippen molar-refractivity contribution in [3.63, 3.8) is 0 Å². The van der Waals surface area contributed by atoms with Crippen molar-refractivity contribution in [1.29, 1.82) is 0 Å². The summed E-state index contributed by atoms with van der Waals surface area (Å²) in [6.45, 7) is 1.37. The predicted molar refractivity (Wildman–Crippen MR) is 114 cm³/mol. The Morgan fingerprint density at radius 3 is 2.52 bits per heavy atom. The molecule has 2 N–H and O–H groups in total. The molecule has 33 heavy (non-hydrogen) atoms. The third-order valence-corrected chi connectivity index (χ3v) is 7.94. The van der Waals surface area contributed by atoms with Gasteiger partial charge in [0, 0.05) is 13.2 Å². The molecule has 0 spiro atoms. The monoisotopic (exact) mass is 503 g/mol. The molecule has 0 atom stereocenters. The van der Waals surface area contributed by atoms with Gasteiger partial charge in [-0.1, -0.05) is 18.3 Å². The smallest absolute Gasteiger partial charge is 0.371 e. The van der Waals surface area contributed by atoms with Gasteiger partial charge in [0.25, 0.3) is 5.91 Å². The second kappa shape index (κ2) is 7.87. The Labute approximate surface area is 189 Å². The van der Waals surface area contributed by atoms with Crippen LogP contribution in [0.1, 0.15) is 40.8 Å². The van der Waals surface area contributed by atoms with Crippen LogP contribution in [0.25, 0.3) is 10.3 Å². The van der Waals surface area contributed by atoms with Crippen molar-refractivity contribution in [2.45, 2.75) is 36.5 Å². The highest BCUT2D eigenvalue weighted by molar-refractivity contribution is 7.91. The van der Waals surface area contributed by atoms with Gasteiger partial charge in [-0.3, -0.25) is 4.79 Å². The molecular weight excluding hydrogens is 486 g/mol. The van der Waals surface area contributed by atoms with Crippen LogP contribution < -0.4 is 10.6 Å². The first-order valence-electron chi connectivity index (χ1n) is 9.68. The molecule has 0 bridgehead atoms. The fourth-order valence-electron chi connectivity index (χ4n) is 3.01. The van der Waals surface area contributed by atoms with Crippen molar-refractivity contribution in [1.82, 2.24) is 15.0 Å². The summed E-state index contributed by atoms with van der Waals surface area (Å²) in [5.74, 6) is -1.49. The summed E-state index contributed by atoms with van der Waals surface area (Å²) in [4.78, 5) is 24.6. The Balaban J connectivity index is 1.81. The molecule has 3 aromatic rings. The van der Waals surface area contributed by atoms with Crippen LogP contribution >= 0.6 is 11.3 Å². The highest BCUT2D eigenvalue weighted by atomic mass is 32.2. The first-order valence-corrected chi connectivity index (χ1v) is 12.1. The third-order valence-electron chi connectivity index (χ3n) is 5.05. The first kappa shape index (κ1) is 23.3. The highest BCUT2D eigenvalue weighted by Crippen LogP contribution is 2.51. The zero-order valence-electron chi connectivity index (χ0n) is 17.2. The van der Waals surface area contributed by atoms with Gasteiger partial charge < -0.3 is 10.6 Å². The number of hydrogen-bond acceptors (Lipinski definition) is 8. The fourth-order valence-corrected chi connectivity index (χ4v) is 5.11. The minimum Gasteiger partial charge on any atom is -0.371 e. The maximum atomic E-state index is 14.5. The second-order valence-corrected chi connectivity index (χ2v) is 10.6. The lowest BCUT2D eigenvalue weighted by Gasteiger charge is -2.14. The molecule has 176 valence electrons. The summed E-state index contributed by atoms with van der Waals surface area (Å²) in [6.07, 6.45) is -3.54. The summed E-state index contributed by atoms with van der Waals surface area (Å²) in [7, 11) is -2.58. The minimum absolute atomic E-state index is 0.0643. The van der Waals surface area contributed by atoms with Crippen molar-refractivity contribution in [2.75, 3.05) is 23.4 Å². The molecule has 1 amide bonds. The molecule has 1 fully saturated rings. The van der Waals surface area contributed by atoms with Gasteiger partial charge in [0.1, 0.15) is 31.8 Å². The van der Waals surface area contributed by atoms with E-state index < -0.39 is 43.7 Å². The summed E-state index contributed by atoms with van der Waals surface area (Å²) in [5.41, 5.74) is -3.40. The van der Waals surface area contributed by atoms with Crippen LogP contribution in [-0.4, -0.2) is 42.1 Å². The molecule has 3 heterocycles. The molecule has 1 saturated carbocycles. The van der Waals surface area contributed by atoms with E-state index in [9.17, 15) is 30.8 Å². The van der Waals surface area contributed by atoms with Crippen molar-refractivity contribution in [3.05, 3.63) is 34.6 Å². The number of amides is 1. The highest BCUT2D eigenvalue weighted by Gasteiger charge is 2.48. The van der Waals surface area contributed by atoms with Gasteiger partial charge in [0.15, 0.2) is 15.5 Å². The lowest BCUT2D eigenvalue weighted by molar-refractivity contribution is -0.137. The zero-order chi connectivity index (χ0) is 24.2. The van der Waals surface area contributed by atoms with Crippen LogP contribution in [0.5, 0.6) is 0 Å². The number of carbonyl (C=O) groups excluding carboxylic acids is 1. The van der Waals surface area contributed by atoms with Crippen LogP contribution in [-0.2, 0) is 21.7 Å². The molecule has 0 aromatic carbocycles. The Morgan fingerprint density at radius 2 is 1.94 bits per heavy atom. The van der Waals surface area contributed by atoms with Gasteiger partial charge in [-0.05, 0) is 25.0 Å². The number of aromatic nitrogens is 3. The van der Waals surface area contributed by atoms with Gasteiger partial charge >= 0.3 is 6.18 Å². The van der Waals surface area contributed by atoms with Crippen molar-refractivity contribution < 1.29 is 30.8 Å². The van der Waals surface area contributed by atoms with Crippen molar-refractivity contribution in [3.8, 4) is 0 Å². The number of sulfone groups is 1. The Bertz CT molecular complexity index is 1370. The lowest BCUT2D eigenvalue weighted by Crippen LogP contribution is -2.20. The number of pyridine rings is 2. The number of halogens is 4. The standard InChI is InChI=1S/C19H17F4N5O3S2/c1-3-33(30,31)12-7-11-16(32-17(27-11)18(20)4-5-18)28-13(12)15(29)26-10-6-9(19(21,22)23)8-25-14(10)24-2/h6-8H,3-5H2,1-2H3,(H,24,25)(H,26,29). The van der Waals surface area contributed by atoms with Crippen molar-refractivity contribution in [2.24, 2.45) is 0 Å². The molecule has 3 aromatic heterocycles. The van der Waals surface area contributed by atoms with Crippen LogP contribution in [0, 0.1) is 0 Å². The number of nitrogens with one attached hydrogen (secondary N) is 2. The van der Waals surface area contributed by atoms with Crippen LogP contribution in [0.4, 0.5) is 29.1 Å². The summed E-state index contributed by atoms with van der Waals surface area (Å²) in [5, 5.41) is 4.96. The predicted octanol–water partition coefficient (Wildman–Crippen LogP) is 4.15. The van der Waals surface area contributed by atoms with Crippen LogP contribution in [0.2, 0.25) is 0 Å². The molecule has 0 saturated heterocycles. The third kappa shape index (κ3) is 4.36. The van der Waals surface area contributed by atoms with E-state index in [-0.39, 0.29) is 45.5 Å². The molecule has 1 aliphatic rings. The average Bonchev–Trinajstić information content (AvgIpc) is 3.36. The normalized spacial score (nSPS) is 15.5. The fraction of sp³-hybridized carbons (Fsp3) is 0.368. The molecule has 0 radical (unpaired) electrons. The summed E-state index contributed by atoms with van der Waals surface area (Å²) < 4.78 is 79.1. The summed E-state index contributed by atoms with van der Waals surface area (Å²) in [6, 6.07) is 1.82. The van der Waals surface area contributed by atoms with Gasteiger partial charge in [-0.15, -0.1) is 0 Å².